The number of benzene rings is 1. The third kappa shape index (κ3) is 5.39. The first-order valence-corrected chi connectivity index (χ1v) is 7.94. The van der Waals surface area contributed by atoms with Crippen LogP contribution in [0.2, 0.25) is 0 Å². The summed E-state index contributed by atoms with van der Waals surface area (Å²) in [6, 6.07) is 8.83. The Kier molecular flexibility index (Phi) is 5.26. The fourth-order valence-electron chi connectivity index (χ4n) is 1.76. The zero-order valence-corrected chi connectivity index (χ0v) is 13.3. The van der Waals surface area contributed by atoms with Gasteiger partial charge in [-0.15, -0.1) is 11.8 Å². The van der Waals surface area contributed by atoms with Crippen molar-refractivity contribution in [2.45, 2.75) is 44.3 Å². The third-order valence-electron chi connectivity index (χ3n) is 2.92. The number of hydrogen-bond donors (Lipinski definition) is 1. The van der Waals surface area contributed by atoms with Gasteiger partial charge in [0.15, 0.2) is 0 Å². The highest BCUT2D eigenvalue weighted by molar-refractivity contribution is 7.99. The van der Waals surface area contributed by atoms with Gasteiger partial charge in [0.05, 0.1) is 6.33 Å². The minimum absolute atomic E-state index is 0.165. The van der Waals surface area contributed by atoms with Crippen LogP contribution < -0.4 is 5.32 Å². The summed E-state index contributed by atoms with van der Waals surface area (Å²) in [6.07, 6.45) is 5.69. The van der Waals surface area contributed by atoms with Crippen molar-refractivity contribution in [3.63, 3.8) is 0 Å². The van der Waals surface area contributed by atoms with Crippen molar-refractivity contribution in [3.8, 4) is 0 Å². The van der Waals surface area contributed by atoms with E-state index in [9.17, 15) is 0 Å². The Morgan fingerprint density at radius 1 is 1.20 bits per heavy atom. The van der Waals surface area contributed by atoms with Crippen molar-refractivity contribution in [2.75, 3.05) is 5.75 Å². The molecule has 108 valence electrons. The molecule has 0 aliphatic heterocycles. The van der Waals surface area contributed by atoms with Gasteiger partial charge in [0, 0.05) is 41.7 Å². The highest BCUT2D eigenvalue weighted by Crippen LogP contribution is 2.19. The Bertz CT molecular complexity index is 498. The standard InChI is InChI=1S/C16H23N3S/c1-16(2,3)18-12-14-4-6-15(7-5-14)20-11-10-19-9-8-17-13-19/h4-9,13,18H,10-12H2,1-3H3. The average Bonchev–Trinajstić information content (AvgIpc) is 2.90. The summed E-state index contributed by atoms with van der Waals surface area (Å²) in [6.45, 7) is 8.48. The summed E-state index contributed by atoms with van der Waals surface area (Å²) in [5.41, 5.74) is 1.50. The van der Waals surface area contributed by atoms with Crippen molar-refractivity contribution in [2.24, 2.45) is 0 Å². The predicted molar refractivity (Wildman–Crippen MR) is 86.0 cm³/mol. The van der Waals surface area contributed by atoms with E-state index < -0.39 is 0 Å². The molecule has 0 saturated heterocycles. The molecule has 0 bridgehead atoms. The Hall–Kier alpha value is -1.26. The minimum atomic E-state index is 0.165. The molecule has 0 atom stereocenters. The van der Waals surface area contributed by atoms with E-state index in [1.807, 2.05) is 30.5 Å². The van der Waals surface area contributed by atoms with Crippen LogP contribution in [0.4, 0.5) is 0 Å². The zero-order chi connectivity index (χ0) is 14.4. The summed E-state index contributed by atoms with van der Waals surface area (Å²) in [5.74, 6) is 1.07. The molecule has 4 heteroatoms. The monoisotopic (exact) mass is 289 g/mol. The highest BCUT2D eigenvalue weighted by atomic mass is 32.2. The van der Waals surface area contributed by atoms with Gasteiger partial charge in [-0.25, -0.2) is 4.98 Å². The van der Waals surface area contributed by atoms with Gasteiger partial charge in [0.1, 0.15) is 0 Å². The van der Waals surface area contributed by atoms with Crippen LogP contribution in [0.5, 0.6) is 0 Å². The van der Waals surface area contributed by atoms with Crippen LogP contribution in [0.15, 0.2) is 47.9 Å². The van der Waals surface area contributed by atoms with Crippen molar-refractivity contribution in [1.82, 2.24) is 14.9 Å². The number of aryl methyl sites for hydroxylation is 1. The van der Waals surface area contributed by atoms with Crippen LogP contribution in [0, 0.1) is 0 Å². The lowest BCUT2D eigenvalue weighted by molar-refractivity contribution is 0.424. The fraction of sp³-hybridized carbons (Fsp3) is 0.438. The molecular weight excluding hydrogens is 266 g/mol. The van der Waals surface area contributed by atoms with Gasteiger partial charge in [-0.1, -0.05) is 12.1 Å². The lowest BCUT2D eigenvalue weighted by atomic mass is 10.1. The van der Waals surface area contributed by atoms with Crippen molar-refractivity contribution >= 4 is 11.8 Å². The van der Waals surface area contributed by atoms with Crippen molar-refractivity contribution < 1.29 is 0 Å². The number of rotatable bonds is 6. The lowest BCUT2D eigenvalue weighted by Crippen LogP contribution is -2.35. The molecule has 0 fully saturated rings. The van der Waals surface area contributed by atoms with Gasteiger partial charge >= 0.3 is 0 Å². The molecule has 2 rings (SSSR count). The fourth-order valence-corrected chi connectivity index (χ4v) is 2.63. The number of hydrogen-bond acceptors (Lipinski definition) is 3. The first kappa shape index (κ1) is 15.1. The molecule has 3 nitrogen and oxygen atoms in total. The molecule has 0 spiro atoms. The molecule has 0 unspecified atom stereocenters. The quantitative estimate of drug-likeness (QED) is 0.825. The first-order valence-electron chi connectivity index (χ1n) is 6.95. The maximum absolute atomic E-state index is 4.05. The molecule has 0 aliphatic carbocycles. The van der Waals surface area contributed by atoms with Crippen LogP contribution in [0.3, 0.4) is 0 Å². The number of imidazole rings is 1. The molecule has 1 N–H and O–H groups in total. The molecule has 1 aromatic carbocycles. The second kappa shape index (κ2) is 6.95. The largest absolute Gasteiger partial charge is 0.337 e. The topological polar surface area (TPSA) is 29.9 Å². The van der Waals surface area contributed by atoms with E-state index in [0.717, 1.165) is 18.8 Å². The number of nitrogens with one attached hydrogen (secondary N) is 1. The Balaban J connectivity index is 1.76. The lowest BCUT2D eigenvalue weighted by Gasteiger charge is -2.20. The van der Waals surface area contributed by atoms with Gasteiger partial charge in [0.25, 0.3) is 0 Å². The van der Waals surface area contributed by atoms with E-state index >= 15 is 0 Å². The zero-order valence-electron chi connectivity index (χ0n) is 12.5. The van der Waals surface area contributed by atoms with Gasteiger partial charge < -0.3 is 9.88 Å². The summed E-state index contributed by atoms with van der Waals surface area (Å²) in [4.78, 5) is 5.37. The Labute approximate surface area is 125 Å². The maximum Gasteiger partial charge on any atom is 0.0946 e. The van der Waals surface area contributed by atoms with Crippen LogP contribution in [0.25, 0.3) is 0 Å². The van der Waals surface area contributed by atoms with Gasteiger partial charge in [-0.05, 0) is 38.5 Å². The smallest absolute Gasteiger partial charge is 0.0946 e. The van der Waals surface area contributed by atoms with Crippen molar-refractivity contribution in [3.05, 3.63) is 48.5 Å². The number of aromatic nitrogens is 2. The Morgan fingerprint density at radius 3 is 2.55 bits per heavy atom. The molecule has 1 aromatic heterocycles. The second-order valence-electron chi connectivity index (χ2n) is 5.90. The average molecular weight is 289 g/mol. The maximum atomic E-state index is 4.05. The molecule has 0 radical (unpaired) electrons. The predicted octanol–water partition coefficient (Wildman–Crippen LogP) is 3.56. The van der Waals surface area contributed by atoms with E-state index in [1.54, 1.807) is 0 Å². The van der Waals surface area contributed by atoms with Crippen LogP contribution in [-0.2, 0) is 13.1 Å². The molecule has 1 heterocycles. The number of nitrogens with zero attached hydrogens (tertiary/aromatic N) is 2. The van der Waals surface area contributed by atoms with Gasteiger partial charge in [-0.3, -0.25) is 0 Å². The van der Waals surface area contributed by atoms with Crippen LogP contribution >= 0.6 is 11.8 Å². The summed E-state index contributed by atoms with van der Waals surface area (Å²) >= 11 is 1.88. The van der Waals surface area contributed by atoms with Gasteiger partial charge in [0.2, 0.25) is 0 Å². The molecule has 0 saturated carbocycles. The molecule has 2 aromatic rings. The summed E-state index contributed by atoms with van der Waals surface area (Å²) < 4.78 is 2.11. The molecule has 20 heavy (non-hydrogen) atoms. The normalized spacial score (nSPS) is 11.8. The number of thioether (sulfide) groups is 1. The summed E-state index contributed by atoms with van der Waals surface area (Å²) in [7, 11) is 0. The molecule has 0 amide bonds. The summed E-state index contributed by atoms with van der Waals surface area (Å²) in [5, 5.41) is 3.50. The third-order valence-corrected chi connectivity index (χ3v) is 3.92. The first-order chi connectivity index (χ1) is 9.53. The molecule has 0 aliphatic rings. The minimum Gasteiger partial charge on any atom is -0.337 e. The SMILES string of the molecule is CC(C)(C)NCc1ccc(SCCn2ccnc2)cc1. The highest BCUT2D eigenvalue weighted by Gasteiger charge is 2.08. The van der Waals surface area contributed by atoms with Crippen molar-refractivity contribution in [1.29, 1.82) is 0 Å². The molecular formula is C16H23N3S. The van der Waals surface area contributed by atoms with E-state index in [1.165, 1.54) is 10.5 Å². The second-order valence-corrected chi connectivity index (χ2v) is 7.06. The van der Waals surface area contributed by atoms with Crippen LogP contribution in [0.1, 0.15) is 26.3 Å². The Morgan fingerprint density at radius 2 is 1.95 bits per heavy atom. The van der Waals surface area contributed by atoms with Gasteiger partial charge in [-0.2, -0.15) is 0 Å². The van der Waals surface area contributed by atoms with E-state index in [0.29, 0.717) is 0 Å². The van der Waals surface area contributed by atoms with E-state index in [4.69, 9.17) is 0 Å². The van der Waals surface area contributed by atoms with E-state index in [2.05, 4.69) is 59.9 Å². The van der Waals surface area contributed by atoms with Crippen LogP contribution in [-0.4, -0.2) is 20.8 Å². The van der Waals surface area contributed by atoms with E-state index in [-0.39, 0.29) is 5.54 Å².